The van der Waals surface area contributed by atoms with Gasteiger partial charge in [-0.3, -0.25) is 4.90 Å². The van der Waals surface area contributed by atoms with E-state index >= 15 is 0 Å². The van der Waals surface area contributed by atoms with Crippen LogP contribution >= 0.6 is 11.6 Å². The molecule has 114 valence electrons. The number of aromatic nitrogens is 2. The largest absolute Gasteiger partial charge is 0.325 e. The Morgan fingerprint density at radius 1 is 1.38 bits per heavy atom. The Morgan fingerprint density at radius 2 is 2.10 bits per heavy atom. The predicted molar refractivity (Wildman–Crippen MR) is 89.0 cm³/mol. The van der Waals surface area contributed by atoms with Gasteiger partial charge in [0.2, 0.25) is 0 Å². The van der Waals surface area contributed by atoms with Gasteiger partial charge in [0.1, 0.15) is 5.82 Å². The van der Waals surface area contributed by atoms with Crippen LogP contribution in [-0.4, -0.2) is 33.6 Å². The van der Waals surface area contributed by atoms with E-state index in [0.29, 0.717) is 6.04 Å². The lowest BCUT2D eigenvalue weighted by Crippen LogP contribution is -2.34. The number of fused-ring (bicyclic) bond motifs is 1. The van der Waals surface area contributed by atoms with Gasteiger partial charge in [-0.05, 0) is 52.3 Å². The molecule has 3 nitrogen and oxygen atoms in total. The van der Waals surface area contributed by atoms with E-state index in [0.717, 1.165) is 23.9 Å². The monoisotopic (exact) mass is 305 g/mol. The standard InChI is InChI=1S/C17H24ClN3/c1-11-6-5-7-15-16(11)19-17(13(3)18)21(15)10-12(2)20(4)14-8-9-14/h5-7,12-14H,8-10H2,1-4H3. The number of imidazole rings is 1. The number of hydrogen-bond donors (Lipinski definition) is 0. The van der Waals surface area contributed by atoms with Crippen LogP contribution in [0, 0.1) is 6.92 Å². The van der Waals surface area contributed by atoms with Crippen molar-refractivity contribution in [1.29, 1.82) is 0 Å². The van der Waals surface area contributed by atoms with E-state index in [1.165, 1.54) is 23.9 Å². The van der Waals surface area contributed by atoms with Gasteiger partial charge in [-0.2, -0.15) is 0 Å². The van der Waals surface area contributed by atoms with E-state index < -0.39 is 0 Å². The summed E-state index contributed by atoms with van der Waals surface area (Å²) in [6.07, 6.45) is 2.67. The number of aryl methyl sites for hydroxylation is 1. The summed E-state index contributed by atoms with van der Waals surface area (Å²) in [6, 6.07) is 7.63. The lowest BCUT2D eigenvalue weighted by atomic mass is 10.2. The van der Waals surface area contributed by atoms with E-state index in [-0.39, 0.29) is 5.38 Å². The average Bonchev–Trinajstić information content (AvgIpc) is 3.21. The number of para-hydroxylation sites is 1. The molecule has 0 saturated heterocycles. The quantitative estimate of drug-likeness (QED) is 0.775. The minimum Gasteiger partial charge on any atom is -0.325 e. The van der Waals surface area contributed by atoms with E-state index in [4.69, 9.17) is 16.6 Å². The summed E-state index contributed by atoms with van der Waals surface area (Å²) in [4.78, 5) is 7.29. The summed E-state index contributed by atoms with van der Waals surface area (Å²) < 4.78 is 2.31. The molecule has 2 aromatic rings. The highest BCUT2D eigenvalue weighted by Gasteiger charge is 2.30. The molecule has 3 rings (SSSR count). The van der Waals surface area contributed by atoms with Crippen LogP contribution < -0.4 is 0 Å². The van der Waals surface area contributed by atoms with Gasteiger partial charge in [0, 0.05) is 18.6 Å². The molecular weight excluding hydrogens is 282 g/mol. The number of likely N-dealkylation sites (N-methyl/N-ethyl adjacent to an activating group) is 1. The van der Waals surface area contributed by atoms with Crippen LogP contribution in [-0.2, 0) is 6.54 Å². The predicted octanol–water partition coefficient (Wildman–Crippen LogP) is 4.13. The van der Waals surface area contributed by atoms with Crippen molar-refractivity contribution in [1.82, 2.24) is 14.5 Å². The molecule has 21 heavy (non-hydrogen) atoms. The second kappa shape index (κ2) is 5.62. The average molecular weight is 306 g/mol. The van der Waals surface area contributed by atoms with Gasteiger partial charge in [0.05, 0.1) is 16.4 Å². The van der Waals surface area contributed by atoms with Gasteiger partial charge in [-0.15, -0.1) is 11.6 Å². The van der Waals surface area contributed by atoms with Crippen molar-refractivity contribution >= 4 is 22.6 Å². The van der Waals surface area contributed by atoms with Crippen molar-refractivity contribution in [2.75, 3.05) is 7.05 Å². The SMILES string of the molecule is Cc1cccc2c1nc(C(C)Cl)n2CC(C)N(C)C1CC1. The zero-order chi connectivity index (χ0) is 15.1. The third-order valence-corrected chi connectivity index (χ3v) is 4.83. The number of rotatable bonds is 5. The van der Waals surface area contributed by atoms with Crippen LogP contribution in [0.1, 0.15) is 43.5 Å². The fraction of sp³-hybridized carbons (Fsp3) is 0.588. The van der Waals surface area contributed by atoms with Crippen LogP contribution in [0.4, 0.5) is 0 Å². The van der Waals surface area contributed by atoms with Gasteiger partial charge in [0.15, 0.2) is 0 Å². The molecule has 1 aromatic heterocycles. The van der Waals surface area contributed by atoms with Crippen molar-refractivity contribution in [3.63, 3.8) is 0 Å². The fourth-order valence-corrected chi connectivity index (χ4v) is 3.20. The first-order valence-corrected chi connectivity index (χ1v) is 8.24. The summed E-state index contributed by atoms with van der Waals surface area (Å²) in [5.74, 6) is 0.983. The molecule has 0 N–H and O–H groups in total. The second-order valence-electron chi connectivity index (χ2n) is 6.38. The van der Waals surface area contributed by atoms with Crippen molar-refractivity contribution < 1.29 is 0 Å². The summed E-state index contributed by atoms with van der Waals surface area (Å²) in [7, 11) is 2.23. The topological polar surface area (TPSA) is 21.1 Å². The van der Waals surface area contributed by atoms with Gasteiger partial charge in [-0.25, -0.2) is 4.98 Å². The Bertz CT molecular complexity index is 643. The maximum absolute atomic E-state index is 6.37. The highest BCUT2D eigenvalue weighted by molar-refractivity contribution is 6.20. The van der Waals surface area contributed by atoms with E-state index in [9.17, 15) is 0 Å². The molecule has 4 heteroatoms. The number of nitrogens with zero attached hydrogens (tertiary/aromatic N) is 3. The van der Waals surface area contributed by atoms with Crippen LogP contribution in [0.3, 0.4) is 0 Å². The molecule has 0 bridgehead atoms. The molecule has 2 atom stereocenters. The van der Waals surface area contributed by atoms with Gasteiger partial charge in [-0.1, -0.05) is 12.1 Å². The first-order valence-electron chi connectivity index (χ1n) is 7.80. The lowest BCUT2D eigenvalue weighted by Gasteiger charge is -2.26. The summed E-state index contributed by atoms with van der Waals surface area (Å²) in [5.41, 5.74) is 3.50. The number of halogens is 1. The van der Waals surface area contributed by atoms with Gasteiger partial charge >= 0.3 is 0 Å². The van der Waals surface area contributed by atoms with Gasteiger partial charge < -0.3 is 4.57 Å². The highest BCUT2D eigenvalue weighted by atomic mass is 35.5. The Balaban J connectivity index is 1.99. The Hall–Kier alpha value is -1.06. The molecule has 0 amide bonds. The third-order valence-electron chi connectivity index (χ3n) is 4.63. The Labute approximate surface area is 131 Å². The van der Waals surface area contributed by atoms with Crippen LogP contribution in [0.5, 0.6) is 0 Å². The minimum absolute atomic E-state index is 0.0739. The van der Waals surface area contributed by atoms with Crippen molar-refractivity contribution in [3.8, 4) is 0 Å². The maximum atomic E-state index is 6.37. The number of benzene rings is 1. The van der Waals surface area contributed by atoms with Crippen molar-refractivity contribution in [3.05, 3.63) is 29.6 Å². The number of hydrogen-bond acceptors (Lipinski definition) is 2. The Kier molecular flexibility index (Phi) is 3.98. The molecule has 0 spiro atoms. The molecule has 0 aliphatic heterocycles. The molecule has 1 aliphatic carbocycles. The third kappa shape index (κ3) is 2.82. The molecular formula is C17H24ClN3. The fourth-order valence-electron chi connectivity index (χ4n) is 3.04. The Morgan fingerprint density at radius 3 is 2.71 bits per heavy atom. The van der Waals surface area contributed by atoms with Crippen LogP contribution in [0.25, 0.3) is 11.0 Å². The molecule has 1 heterocycles. The minimum atomic E-state index is -0.0739. The van der Waals surface area contributed by atoms with E-state index in [1.54, 1.807) is 0 Å². The maximum Gasteiger partial charge on any atom is 0.127 e. The molecule has 1 aliphatic rings. The highest BCUT2D eigenvalue weighted by Crippen LogP contribution is 2.30. The number of alkyl halides is 1. The summed E-state index contributed by atoms with van der Waals surface area (Å²) in [6.45, 7) is 7.36. The van der Waals surface area contributed by atoms with E-state index in [1.807, 2.05) is 6.92 Å². The molecule has 1 fully saturated rings. The second-order valence-corrected chi connectivity index (χ2v) is 7.04. The summed E-state index contributed by atoms with van der Waals surface area (Å²) in [5, 5.41) is -0.0739. The van der Waals surface area contributed by atoms with Crippen molar-refractivity contribution in [2.45, 2.75) is 57.6 Å². The van der Waals surface area contributed by atoms with Crippen molar-refractivity contribution in [2.24, 2.45) is 0 Å². The zero-order valence-electron chi connectivity index (χ0n) is 13.3. The normalized spacial score (nSPS) is 18.4. The molecule has 1 aromatic carbocycles. The van der Waals surface area contributed by atoms with Crippen LogP contribution in [0.2, 0.25) is 0 Å². The zero-order valence-corrected chi connectivity index (χ0v) is 14.1. The first-order chi connectivity index (χ1) is 9.99. The molecule has 0 radical (unpaired) electrons. The smallest absolute Gasteiger partial charge is 0.127 e. The molecule has 1 saturated carbocycles. The van der Waals surface area contributed by atoms with Gasteiger partial charge in [0.25, 0.3) is 0 Å². The lowest BCUT2D eigenvalue weighted by molar-refractivity contribution is 0.226. The van der Waals surface area contributed by atoms with Crippen LogP contribution in [0.15, 0.2) is 18.2 Å². The first kappa shape index (κ1) is 14.9. The summed E-state index contributed by atoms with van der Waals surface area (Å²) >= 11 is 6.37. The molecule has 2 unspecified atom stereocenters. The van der Waals surface area contributed by atoms with E-state index in [2.05, 4.69) is 48.6 Å².